The third kappa shape index (κ3) is 4.51. The smallest absolute Gasteiger partial charge is 0.350 e. The van der Waals surface area contributed by atoms with E-state index in [0.29, 0.717) is 34.5 Å². The Morgan fingerprint density at radius 1 is 1.00 bits per heavy atom. The van der Waals surface area contributed by atoms with Gasteiger partial charge in [-0.15, -0.1) is 0 Å². The van der Waals surface area contributed by atoms with Crippen LogP contribution in [0.4, 0.5) is 5.82 Å². The van der Waals surface area contributed by atoms with Gasteiger partial charge in [0.1, 0.15) is 33.6 Å². The van der Waals surface area contributed by atoms with Crippen LogP contribution in [0.5, 0.6) is 17.2 Å². The van der Waals surface area contributed by atoms with Crippen molar-refractivity contribution >= 4 is 28.1 Å². The molecular formula is C25H27N3O5S. The topological polar surface area (TPSA) is 83.3 Å². The molecule has 0 saturated carbocycles. The first kappa shape index (κ1) is 23.4. The van der Waals surface area contributed by atoms with Crippen LogP contribution in [0.2, 0.25) is 0 Å². The Hall–Kier alpha value is -3.72. The summed E-state index contributed by atoms with van der Waals surface area (Å²) in [5.74, 6) is 2.55. The fraction of sp³-hybridized carbons (Fsp3) is 0.280. The first-order valence-corrected chi connectivity index (χ1v) is 11.6. The highest BCUT2D eigenvalue weighted by atomic mass is 32.1. The molecule has 2 heterocycles. The molecule has 8 nitrogen and oxygen atoms in total. The van der Waals surface area contributed by atoms with Gasteiger partial charge < -0.3 is 24.3 Å². The molecule has 0 fully saturated rings. The zero-order valence-electron chi connectivity index (χ0n) is 19.8. The van der Waals surface area contributed by atoms with Crippen molar-refractivity contribution in [2.75, 3.05) is 33.3 Å². The maximum absolute atomic E-state index is 12.5. The fourth-order valence-corrected chi connectivity index (χ4v) is 4.69. The molecule has 0 aliphatic rings. The number of anilines is 1. The molecule has 0 aliphatic carbocycles. The molecule has 0 bridgehead atoms. The highest BCUT2D eigenvalue weighted by Gasteiger charge is 2.24. The summed E-state index contributed by atoms with van der Waals surface area (Å²) in [5, 5.41) is 3.52. The molecule has 0 aliphatic heterocycles. The predicted molar refractivity (Wildman–Crippen MR) is 133 cm³/mol. The number of hydrogen-bond acceptors (Lipinski definition) is 8. The SMILES string of the molecule is CCOC(=O)c1sc2nc(-c3cc(OC)cc(OC)c3)c(NCc3ccc(OC)cc3)n2c1C. The van der Waals surface area contributed by atoms with Crippen molar-refractivity contribution in [3.8, 4) is 28.5 Å². The highest BCUT2D eigenvalue weighted by Crippen LogP contribution is 2.38. The van der Waals surface area contributed by atoms with E-state index in [1.54, 1.807) is 28.3 Å². The van der Waals surface area contributed by atoms with Crippen LogP contribution in [-0.4, -0.2) is 43.3 Å². The minimum absolute atomic E-state index is 0.315. The van der Waals surface area contributed by atoms with Crippen molar-refractivity contribution in [1.29, 1.82) is 0 Å². The molecular weight excluding hydrogens is 454 g/mol. The molecule has 4 rings (SSSR count). The third-order valence-electron chi connectivity index (χ3n) is 5.41. The Balaban J connectivity index is 1.82. The van der Waals surface area contributed by atoms with Gasteiger partial charge in [-0.3, -0.25) is 4.40 Å². The number of carbonyl (C=O) groups is 1. The number of aromatic nitrogens is 2. The van der Waals surface area contributed by atoms with Gasteiger partial charge >= 0.3 is 5.97 Å². The second-order valence-electron chi connectivity index (χ2n) is 7.47. The number of esters is 1. The molecule has 4 aromatic rings. The lowest BCUT2D eigenvalue weighted by Crippen LogP contribution is -2.07. The number of thiazole rings is 1. The van der Waals surface area contributed by atoms with Crippen LogP contribution in [0.25, 0.3) is 16.2 Å². The molecule has 0 atom stereocenters. The average Bonchev–Trinajstić information content (AvgIpc) is 3.39. The lowest BCUT2D eigenvalue weighted by molar-refractivity contribution is 0.0531. The number of benzene rings is 2. The van der Waals surface area contributed by atoms with Crippen molar-refractivity contribution < 1.29 is 23.7 Å². The highest BCUT2D eigenvalue weighted by molar-refractivity contribution is 7.19. The largest absolute Gasteiger partial charge is 0.497 e. The van der Waals surface area contributed by atoms with Crippen LogP contribution in [0.3, 0.4) is 0 Å². The monoisotopic (exact) mass is 481 g/mol. The Bertz CT molecular complexity index is 1290. The zero-order chi connectivity index (χ0) is 24.2. The number of fused-ring (bicyclic) bond motifs is 1. The van der Waals surface area contributed by atoms with E-state index in [9.17, 15) is 4.79 Å². The Kier molecular flexibility index (Phi) is 6.93. The van der Waals surface area contributed by atoms with Crippen LogP contribution in [0.1, 0.15) is 27.9 Å². The summed E-state index contributed by atoms with van der Waals surface area (Å²) in [4.78, 5) is 18.6. The molecule has 9 heteroatoms. The van der Waals surface area contributed by atoms with Crippen molar-refractivity contribution in [2.24, 2.45) is 0 Å². The number of nitrogens with one attached hydrogen (secondary N) is 1. The van der Waals surface area contributed by atoms with Gasteiger partial charge in [0.25, 0.3) is 0 Å². The molecule has 0 saturated heterocycles. The quantitative estimate of drug-likeness (QED) is 0.330. The molecule has 1 N–H and O–H groups in total. The fourth-order valence-electron chi connectivity index (χ4n) is 3.67. The van der Waals surface area contributed by atoms with Crippen molar-refractivity contribution in [1.82, 2.24) is 9.38 Å². The molecule has 2 aromatic carbocycles. The first-order chi connectivity index (χ1) is 16.5. The van der Waals surface area contributed by atoms with E-state index in [4.69, 9.17) is 23.9 Å². The summed E-state index contributed by atoms with van der Waals surface area (Å²) in [6, 6.07) is 13.5. The summed E-state index contributed by atoms with van der Waals surface area (Å²) in [5.41, 5.74) is 3.41. The van der Waals surface area contributed by atoms with Gasteiger partial charge in [0.15, 0.2) is 4.96 Å². The van der Waals surface area contributed by atoms with Crippen LogP contribution in [0.15, 0.2) is 42.5 Å². The molecule has 2 aromatic heterocycles. The summed E-state index contributed by atoms with van der Waals surface area (Å²) in [6.07, 6.45) is 0. The molecule has 178 valence electrons. The standard InChI is InChI=1S/C25H27N3O5S/c1-6-33-24(29)22-15(2)28-23(26-14-16-7-9-18(30-3)10-8-16)21(27-25(28)34-22)17-11-19(31-4)13-20(12-17)32-5/h7-13,26H,6,14H2,1-5H3. The molecule has 0 spiro atoms. The molecule has 0 amide bonds. The van der Waals surface area contributed by atoms with Gasteiger partial charge in [-0.25, -0.2) is 9.78 Å². The van der Waals surface area contributed by atoms with E-state index in [0.717, 1.165) is 34.1 Å². The van der Waals surface area contributed by atoms with E-state index < -0.39 is 0 Å². The molecule has 34 heavy (non-hydrogen) atoms. The van der Waals surface area contributed by atoms with Crippen molar-refractivity contribution in [2.45, 2.75) is 20.4 Å². The van der Waals surface area contributed by atoms with Gasteiger partial charge in [0.2, 0.25) is 0 Å². The number of rotatable bonds is 9. The van der Waals surface area contributed by atoms with E-state index >= 15 is 0 Å². The van der Waals surface area contributed by atoms with Gasteiger partial charge in [-0.2, -0.15) is 0 Å². The maximum atomic E-state index is 12.5. The minimum atomic E-state index is -0.346. The van der Waals surface area contributed by atoms with Gasteiger partial charge in [-0.05, 0) is 43.7 Å². The summed E-state index contributed by atoms with van der Waals surface area (Å²) in [7, 11) is 4.87. The zero-order valence-corrected chi connectivity index (χ0v) is 20.6. The first-order valence-electron chi connectivity index (χ1n) is 10.8. The van der Waals surface area contributed by atoms with E-state index in [2.05, 4.69) is 5.32 Å². The maximum Gasteiger partial charge on any atom is 0.350 e. The number of carbonyl (C=O) groups excluding carboxylic acids is 1. The molecule has 0 radical (unpaired) electrons. The average molecular weight is 482 g/mol. The van der Waals surface area contributed by atoms with Gasteiger partial charge in [0.05, 0.1) is 27.9 Å². The minimum Gasteiger partial charge on any atom is -0.497 e. The summed E-state index contributed by atoms with van der Waals surface area (Å²) in [6.45, 7) is 4.56. The van der Waals surface area contributed by atoms with Gasteiger partial charge in [0, 0.05) is 23.9 Å². The Labute approximate surface area is 202 Å². The Morgan fingerprint density at radius 3 is 2.24 bits per heavy atom. The van der Waals surface area contributed by atoms with Crippen molar-refractivity contribution in [3.05, 3.63) is 58.6 Å². The van der Waals surface area contributed by atoms with Crippen LogP contribution in [-0.2, 0) is 11.3 Å². The number of imidazole rings is 1. The van der Waals surface area contributed by atoms with Crippen LogP contribution >= 0.6 is 11.3 Å². The Morgan fingerprint density at radius 2 is 1.65 bits per heavy atom. The number of ether oxygens (including phenoxy) is 4. The molecule has 0 unspecified atom stereocenters. The number of aryl methyl sites for hydroxylation is 1. The third-order valence-corrected chi connectivity index (χ3v) is 6.53. The second kappa shape index (κ2) is 10.0. The second-order valence-corrected chi connectivity index (χ2v) is 8.44. The summed E-state index contributed by atoms with van der Waals surface area (Å²) >= 11 is 1.31. The number of hydrogen-bond donors (Lipinski definition) is 1. The lowest BCUT2D eigenvalue weighted by atomic mass is 10.1. The van der Waals surface area contributed by atoms with E-state index in [-0.39, 0.29) is 5.97 Å². The lowest BCUT2D eigenvalue weighted by Gasteiger charge is -2.12. The van der Waals surface area contributed by atoms with Crippen molar-refractivity contribution in [3.63, 3.8) is 0 Å². The van der Waals surface area contributed by atoms with Gasteiger partial charge in [-0.1, -0.05) is 23.5 Å². The van der Waals surface area contributed by atoms with Crippen LogP contribution < -0.4 is 19.5 Å². The predicted octanol–water partition coefficient (Wildman–Crippen LogP) is 5.19. The van der Waals surface area contributed by atoms with E-state index in [1.807, 2.05) is 53.8 Å². The normalized spacial score (nSPS) is 10.9. The number of nitrogens with zero attached hydrogens (tertiary/aromatic N) is 2. The van der Waals surface area contributed by atoms with E-state index in [1.165, 1.54) is 11.3 Å². The summed E-state index contributed by atoms with van der Waals surface area (Å²) < 4.78 is 23.4. The number of methoxy groups -OCH3 is 3. The van der Waals surface area contributed by atoms with Crippen LogP contribution in [0, 0.1) is 6.92 Å².